The van der Waals surface area contributed by atoms with Crippen molar-refractivity contribution in [1.82, 2.24) is 10.2 Å². The molecule has 1 fully saturated rings. The molecule has 3 N–H and O–H groups in total. The Morgan fingerprint density at radius 2 is 2.00 bits per heavy atom. The van der Waals surface area contributed by atoms with E-state index in [0.29, 0.717) is 19.4 Å². The maximum Gasteiger partial charge on any atom is 0.325 e. The highest BCUT2D eigenvalue weighted by Crippen LogP contribution is 2.24. The van der Waals surface area contributed by atoms with Gasteiger partial charge in [-0.1, -0.05) is 12.1 Å². The Bertz CT molecular complexity index is 601. The number of amides is 2. The van der Waals surface area contributed by atoms with E-state index in [0.717, 1.165) is 0 Å². The summed E-state index contributed by atoms with van der Waals surface area (Å²) in [5.74, 6) is -2.20. The van der Waals surface area contributed by atoms with Crippen LogP contribution in [0.4, 0.5) is 0 Å². The van der Waals surface area contributed by atoms with Gasteiger partial charge in [-0.15, -0.1) is 0 Å². The minimum Gasteiger partial charge on any atom is -0.507 e. The van der Waals surface area contributed by atoms with Gasteiger partial charge in [0.1, 0.15) is 17.8 Å². The molecule has 7 nitrogen and oxygen atoms in total. The van der Waals surface area contributed by atoms with Crippen LogP contribution in [-0.2, 0) is 9.59 Å². The number of aromatic hydroxyl groups is 1. The molecule has 1 aliphatic heterocycles. The first kappa shape index (κ1) is 15.8. The molecule has 7 heteroatoms. The van der Waals surface area contributed by atoms with E-state index in [4.69, 9.17) is 5.11 Å². The van der Waals surface area contributed by atoms with E-state index in [2.05, 4.69) is 5.32 Å². The fraction of sp³-hybridized carbons (Fsp3) is 0.400. The zero-order valence-electron chi connectivity index (χ0n) is 12.2. The third-order valence-electron chi connectivity index (χ3n) is 3.68. The first-order valence-electron chi connectivity index (χ1n) is 7.04. The van der Waals surface area contributed by atoms with Crippen LogP contribution in [0.15, 0.2) is 24.3 Å². The number of aliphatic carboxylic acids is 1. The number of phenolic OH excluding ortho intramolecular Hbond substituents is 1. The van der Waals surface area contributed by atoms with Gasteiger partial charge in [0, 0.05) is 6.54 Å². The number of nitrogens with one attached hydrogen (secondary N) is 1. The zero-order chi connectivity index (χ0) is 16.3. The summed E-state index contributed by atoms with van der Waals surface area (Å²) in [6, 6.07) is 4.40. The van der Waals surface area contributed by atoms with Gasteiger partial charge in [0.05, 0.1) is 5.56 Å². The summed E-state index contributed by atoms with van der Waals surface area (Å²) in [4.78, 5) is 36.8. The number of likely N-dealkylation sites (tertiary alicyclic amines) is 1. The van der Waals surface area contributed by atoms with Gasteiger partial charge >= 0.3 is 5.97 Å². The van der Waals surface area contributed by atoms with Crippen molar-refractivity contribution in [3.63, 3.8) is 0 Å². The number of para-hydroxylation sites is 1. The van der Waals surface area contributed by atoms with Crippen LogP contribution in [-0.4, -0.2) is 51.5 Å². The van der Waals surface area contributed by atoms with Gasteiger partial charge in [-0.05, 0) is 31.9 Å². The predicted octanol–water partition coefficient (Wildman–Crippen LogP) is 0.586. The Morgan fingerprint density at radius 1 is 1.32 bits per heavy atom. The summed E-state index contributed by atoms with van der Waals surface area (Å²) in [5.41, 5.74) is 0.133. The fourth-order valence-corrected chi connectivity index (χ4v) is 2.46. The lowest BCUT2D eigenvalue weighted by molar-refractivity contribution is -0.141. The van der Waals surface area contributed by atoms with Crippen molar-refractivity contribution in [2.45, 2.75) is 31.8 Å². The number of hydrogen-bond acceptors (Lipinski definition) is 4. The van der Waals surface area contributed by atoms with Crippen molar-refractivity contribution in [2.75, 3.05) is 6.54 Å². The van der Waals surface area contributed by atoms with Gasteiger partial charge in [-0.2, -0.15) is 0 Å². The largest absolute Gasteiger partial charge is 0.507 e. The number of hydrogen-bond donors (Lipinski definition) is 3. The molecule has 0 aromatic heterocycles. The molecule has 0 radical (unpaired) electrons. The molecule has 0 bridgehead atoms. The number of carbonyl (C=O) groups is 3. The van der Waals surface area contributed by atoms with E-state index in [1.807, 2.05) is 0 Å². The highest BCUT2D eigenvalue weighted by atomic mass is 16.4. The first-order valence-corrected chi connectivity index (χ1v) is 7.04. The van der Waals surface area contributed by atoms with Crippen LogP contribution in [0.3, 0.4) is 0 Å². The van der Waals surface area contributed by atoms with Crippen LogP contribution in [0.1, 0.15) is 30.1 Å². The molecule has 1 aromatic carbocycles. The van der Waals surface area contributed by atoms with Gasteiger partial charge in [0.15, 0.2) is 0 Å². The van der Waals surface area contributed by atoms with Crippen LogP contribution < -0.4 is 5.32 Å². The van der Waals surface area contributed by atoms with Gasteiger partial charge < -0.3 is 20.4 Å². The van der Waals surface area contributed by atoms with E-state index < -0.39 is 29.9 Å². The standard InChI is InChI=1S/C15H18N2O5/c1-9(15(21)22)16-13(19)11-6-4-8-17(11)14(20)10-5-2-3-7-12(10)18/h2-3,5,7,9,11,18H,4,6,8H2,1H3,(H,16,19)(H,21,22)/t9-,11?/m0/s1. The molecule has 2 atom stereocenters. The Balaban J connectivity index is 2.14. The molecule has 118 valence electrons. The fourth-order valence-electron chi connectivity index (χ4n) is 2.46. The Labute approximate surface area is 127 Å². The van der Waals surface area contributed by atoms with E-state index in [1.165, 1.54) is 24.0 Å². The van der Waals surface area contributed by atoms with Crippen LogP contribution in [0.5, 0.6) is 5.75 Å². The maximum atomic E-state index is 12.5. The predicted molar refractivity (Wildman–Crippen MR) is 77.4 cm³/mol. The second-order valence-electron chi connectivity index (χ2n) is 5.24. The molecule has 1 heterocycles. The highest BCUT2D eigenvalue weighted by molar-refractivity contribution is 6.00. The van der Waals surface area contributed by atoms with E-state index in [-0.39, 0.29) is 11.3 Å². The van der Waals surface area contributed by atoms with Crippen molar-refractivity contribution >= 4 is 17.8 Å². The molecule has 1 aliphatic rings. The molecule has 2 amide bonds. The van der Waals surface area contributed by atoms with E-state index in [1.54, 1.807) is 12.1 Å². The topological polar surface area (TPSA) is 107 Å². The molecule has 0 aliphatic carbocycles. The molecule has 0 spiro atoms. The van der Waals surface area contributed by atoms with Gasteiger partial charge in [-0.3, -0.25) is 14.4 Å². The summed E-state index contributed by atoms with van der Waals surface area (Å²) in [5, 5.41) is 21.0. The molecule has 2 rings (SSSR count). The number of nitrogens with zero attached hydrogens (tertiary/aromatic N) is 1. The van der Waals surface area contributed by atoms with Crippen molar-refractivity contribution in [3.05, 3.63) is 29.8 Å². The van der Waals surface area contributed by atoms with Crippen LogP contribution in [0.25, 0.3) is 0 Å². The number of rotatable bonds is 4. The highest BCUT2D eigenvalue weighted by Gasteiger charge is 2.36. The molecule has 22 heavy (non-hydrogen) atoms. The van der Waals surface area contributed by atoms with Crippen LogP contribution >= 0.6 is 0 Å². The molecule has 1 unspecified atom stereocenters. The van der Waals surface area contributed by atoms with E-state index >= 15 is 0 Å². The monoisotopic (exact) mass is 306 g/mol. The Hall–Kier alpha value is -2.57. The minimum absolute atomic E-state index is 0.133. The molecule has 1 saturated heterocycles. The number of benzene rings is 1. The maximum absolute atomic E-state index is 12.5. The molecular formula is C15H18N2O5. The lowest BCUT2D eigenvalue weighted by Crippen LogP contribution is -2.50. The second-order valence-corrected chi connectivity index (χ2v) is 5.24. The summed E-state index contributed by atoms with van der Waals surface area (Å²) in [6.45, 7) is 1.76. The lowest BCUT2D eigenvalue weighted by atomic mass is 10.1. The van der Waals surface area contributed by atoms with Crippen molar-refractivity contribution in [3.8, 4) is 5.75 Å². The average molecular weight is 306 g/mol. The third kappa shape index (κ3) is 3.19. The third-order valence-corrected chi connectivity index (χ3v) is 3.68. The van der Waals surface area contributed by atoms with Crippen molar-refractivity contribution in [2.24, 2.45) is 0 Å². The van der Waals surface area contributed by atoms with Crippen molar-refractivity contribution in [1.29, 1.82) is 0 Å². The summed E-state index contributed by atoms with van der Waals surface area (Å²) >= 11 is 0. The smallest absolute Gasteiger partial charge is 0.325 e. The molecule has 0 saturated carbocycles. The summed E-state index contributed by atoms with van der Waals surface area (Å²) < 4.78 is 0. The molecule has 1 aromatic rings. The van der Waals surface area contributed by atoms with Crippen LogP contribution in [0, 0.1) is 0 Å². The Kier molecular flexibility index (Phi) is 4.65. The average Bonchev–Trinajstić information content (AvgIpc) is 2.96. The second kappa shape index (κ2) is 6.46. The van der Waals surface area contributed by atoms with Crippen molar-refractivity contribution < 1.29 is 24.6 Å². The SMILES string of the molecule is C[C@H](NC(=O)C1CCCN1C(=O)c1ccccc1O)C(=O)O. The van der Waals surface area contributed by atoms with Gasteiger partial charge in [0.2, 0.25) is 5.91 Å². The van der Waals surface area contributed by atoms with E-state index in [9.17, 15) is 19.5 Å². The van der Waals surface area contributed by atoms with Gasteiger partial charge in [0.25, 0.3) is 5.91 Å². The molecular weight excluding hydrogens is 288 g/mol. The Morgan fingerprint density at radius 3 is 2.64 bits per heavy atom. The zero-order valence-corrected chi connectivity index (χ0v) is 12.2. The number of phenols is 1. The van der Waals surface area contributed by atoms with Gasteiger partial charge in [-0.25, -0.2) is 0 Å². The summed E-state index contributed by atoms with van der Waals surface area (Å²) in [7, 11) is 0. The number of carboxylic acids is 1. The normalized spacial score (nSPS) is 18.8. The quantitative estimate of drug-likeness (QED) is 0.754. The van der Waals surface area contributed by atoms with Crippen LogP contribution in [0.2, 0.25) is 0 Å². The number of carboxylic acid groups (broad SMARTS) is 1. The summed E-state index contributed by atoms with van der Waals surface area (Å²) in [6.07, 6.45) is 1.12. The number of carbonyl (C=O) groups excluding carboxylic acids is 2. The first-order chi connectivity index (χ1) is 10.4. The minimum atomic E-state index is -1.13. The lowest BCUT2D eigenvalue weighted by Gasteiger charge is -2.25.